The summed E-state index contributed by atoms with van der Waals surface area (Å²) in [5.41, 5.74) is 6.70. The number of carbonyl (C=O) groups excluding carboxylic acids is 1. The lowest BCUT2D eigenvalue weighted by Gasteiger charge is -2.08. The molecular weight excluding hydrogens is 286 g/mol. The number of carbonyl (C=O) groups is 1. The fraction of sp³-hybridized carbons (Fsp3) is 0.273. The molecule has 4 N–H and O–H groups in total. The minimum Gasteiger partial charge on any atom is -0.409 e. The number of oxime groups is 1. The monoisotopic (exact) mass is 299 g/mol. The number of rotatable bonds is 4. The van der Waals surface area contributed by atoms with Crippen molar-refractivity contribution in [1.82, 2.24) is 0 Å². The van der Waals surface area contributed by atoms with E-state index in [9.17, 15) is 4.79 Å². The van der Waals surface area contributed by atoms with Gasteiger partial charge in [0.2, 0.25) is 5.91 Å². The molecule has 0 spiro atoms. The zero-order valence-corrected chi connectivity index (χ0v) is 11.0. The number of benzene rings is 1. The van der Waals surface area contributed by atoms with E-state index in [1.807, 2.05) is 6.92 Å². The first kappa shape index (κ1) is 13.5. The standard InChI is InChI=1S/C11H14BrN3O2/c1-2-3-10(16)14-9-5-4-7(6-8(9)12)11(13)15-17/h4-6,17H,2-3H2,1H3,(H2,13,15)(H,14,16). The highest BCUT2D eigenvalue weighted by molar-refractivity contribution is 9.10. The minimum atomic E-state index is -0.0373. The van der Waals surface area contributed by atoms with E-state index in [0.717, 1.165) is 6.42 Å². The number of hydrogen-bond acceptors (Lipinski definition) is 3. The molecule has 92 valence electrons. The summed E-state index contributed by atoms with van der Waals surface area (Å²) in [6.45, 7) is 1.94. The van der Waals surface area contributed by atoms with Gasteiger partial charge in [0.1, 0.15) is 0 Å². The van der Waals surface area contributed by atoms with Gasteiger partial charge >= 0.3 is 0 Å². The van der Waals surface area contributed by atoms with E-state index < -0.39 is 0 Å². The van der Waals surface area contributed by atoms with E-state index in [1.165, 1.54) is 0 Å². The Morgan fingerprint density at radius 2 is 2.29 bits per heavy atom. The van der Waals surface area contributed by atoms with Crippen LogP contribution in [0.25, 0.3) is 0 Å². The zero-order chi connectivity index (χ0) is 12.8. The van der Waals surface area contributed by atoms with Crippen molar-refractivity contribution in [3.05, 3.63) is 28.2 Å². The predicted octanol–water partition coefficient (Wildman–Crippen LogP) is 2.28. The number of amidine groups is 1. The van der Waals surface area contributed by atoms with Crippen molar-refractivity contribution in [1.29, 1.82) is 0 Å². The van der Waals surface area contributed by atoms with Crippen molar-refractivity contribution < 1.29 is 10.0 Å². The molecule has 0 fully saturated rings. The van der Waals surface area contributed by atoms with Gasteiger partial charge in [-0.2, -0.15) is 0 Å². The van der Waals surface area contributed by atoms with Crippen molar-refractivity contribution in [3.63, 3.8) is 0 Å². The number of hydrogen-bond donors (Lipinski definition) is 3. The van der Waals surface area contributed by atoms with Gasteiger partial charge in [-0.25, -0.2) is 0 Å². The normalized spacial score (nSPS) is 11.3. The van der Waals surface area contributed by atoms with Gasteiger partial charge in [-0.15, -0.1) is 0 Å². The first-order valence-electron chi connectivity index (χ1n) is 5.15. The molecule has 1 aromatic carbocycles. The molecule has 0 heterocycles. The minimum absolute atomic E-state index is 0.0251. The topological polar surface area (TPSA) is 87.7 Å². The number of nitrogens with one attached hydrogen (secondary N) is 1. The number of amides is 1. The quantitative estimate of drug-likeness (QED) is 0.345. The van der Waals surface area contributed by atoms with Gasteiger partial charge in [0, 0.05) is 16.5 Å². The third kappa shape index (κ3) is 3.74. The van der Waals surface area contributed by atoms with Gasteiger partial charge in [0.05, 0.1) is 5.69 Å². The summed E-state index contributed by atoms with van der Waals surface area (Å²) in [7, 11) is 0. The lowest BCUT2D eigenvalue weighted by molar-refractivity contribution is -0.116. The summed E-state index contributed by atoms with van der Waals surface area (Å²) < 4.78 is 0.686. The van der Waals surface area contributed by atoms with Crippen LogP contribution in [0.4, 0.5) is 5.69 Å². The van der Waals surface area contributed by atoms with Crippen LogP contribution >= 0.6 is 15.9 Å². The Balaban J connectivity index is 2.87. The van der Waals surface area contributed by atoms with E-state index >= 15 is 0 Å². The molecule has 1 aromatic rings. The predicted molar refractivity (Wildman–Crippen MR) is 70.2 cm³/mol. The van der Waals surface area contributed by atoms with Crippen LogP contribution in [-0.2, 0) is 4.79 Å². The fourth-order valence-electron chi connectivity index (χ4n) is 1.27. The second-order valence-corrected chi connectivity index (χ2v) is 4.33. The molecule has 0 bridgehead atoms. The molecule has 1 amide bonds. The highest BCUT2D eigenvalue weighted by Gasteiger charge is 2.07. The Labute approximate surface area is 108 Å². The van der Waals surface area contributed by atoms with Crippen molar-refractivity contribution in [2.24, 2.45) is 10.9 Å². The average molecular weight is 300 g/mol. The Hall–Kier alpha value is -1.56. The molecule has 0 aliphatic carbocycles. The van der Waals surface area contributed by atoms with Gasteiger partial charge in [-0.1, -0.05) is 12.1 Å². The van der Waals surface area contributed by atoms with E-state index in [-0.39, 0.29) is 11.7 Å². The number of halogens is 1. The smallest absolute Gasteiger partial charge is 0.224 e. The summed E-state index contributed by atoms with van der Waals surface area (Å²) in [5.74, 6) is -0.0121. The Morgan fingerprint density at radius 1 is 1.59 bits per heavy atom. The van der Waals surface area contributed by atoms with E-state index in [4.69, 9.17) is 10.9 Å². The van der Waals surface area contributed by atoms with E-state index in [1.54, 1.807) is 18.2 Å². The SMILES string of the molecule is CCCC(=O)Nc1ccc(/C(N)=N/O)cc1Br. The van der Waals surface area contributed by atoms with Crippen LogP contribution < -0.4 is 11.1 Å². The molecular formula is C11H14BrN3O2. The number of nitrogens with two attached hydrogens (primary N) is 1. The molecule has 6 heteroatoms. The summed E-state index contributed by atoms with van der Waals surface area (Å²) >= 11 is 3.32. The third-order valence-electron chi connectivity index (χ3n) is 2.12. The Kier molecular flexibility index (Phi) is 4.96. The molecule has 0 saturated heterocycles. The molecule has 0 aromatic heterocycles. The second kappa shape index (κ2) is 6.24. The van der Waals surface area contributed by atoms with Gasteiger partial charge in [-0.3, -0.25) is 4.79 Å². The summed E-state index contributed by atoms with van der Waals surface area (Å²) in [4.78, 5) is 11.4. The summed E-state index contributed by atoms with van der Waals surface area (Å²) in [6, 6.07) is 5.04. The molecule has 0 aliphatic rings. The molecule has 5 nitrogen and oxygen atoms in total. The maximum atomic E-state index is 11.4. The maximum Gasteiger partial charge on any atom is 0.224 e. The van der Waals surface area contributed by atoms with Crippen molar-refractivity contribution in [3.8, 4) is 0 Å². The molecule has 0 saturated carbocycles. The van der Waals surface area contributed by atoms with Crippen molar-refractivity contribution in [2.45, 2.75) is 19.8 Å². The lowest BCUT2D eigenvalue weighted by atomic mass is 10.2. The van der Waals surface area contributed by atoms with Crippen LogP contribution in [0, 0.1) is 0 Å². The van der Waals surface area contributed by atoms with E-state index in [2.05, 4.69) is 26.4 Å². The number of anilines is 1. The zero-order valence-electron chi connectivity index (χ0n) is 9.40. The van der Waals surface area contributed by atoms with Crippen LogP contribution in [0.2, 0.25) is 0 Å². The van der Waals surface area contributed by atoms with Gasteiger partial charge < -0.3 is 16.3 Å². The third-order valence-corrected chi connectivity index (χ3v) is 2.78. The van der Waals surface area contributed by atoms with Crippen LogP contribution in [0.1, 0.15) is 25.3 Å². The lowest BCUT2D eigenvalue weighted by Crippen LogP contribution is -2.14. The van der Waals surface area contributed by atoms with Crippen molar-refractivity contribution >= 4 is 33.4 Å². The van der Waals surface area contributed by atoms with Crippen molar-refractivity contribution in [2.75, 3.05) is 5.32 Å². The molecule has 0 atom stereocenters. The summed E-state index contributed by atoms with van der Waals surface area (Å²) in [5, 5.41) is 14.2. The molecule has 0 unspecified atom stereocenters. The highest BCUT2D eigenvalue weighted by Crippen LogP contribution is 2.23. The highest BCUT2D eigenvalue weighted by atomic mass is 79.9. The Morgan fingerprint density at radius 3 is 2.82 bits per heavy atom. The van der Waals surface area contributed by atoms with Crippen LogP contribution in [0.3, 0.4) is 0 Å². The van der Waals surface area contributed by atoms with Gasteiger partial charge in [-0.05, 0) is 40.5 Å². The largest absolute Gasteiger partial charge is 0.409 e. The van der Waals surface area contributed by atoms with Gasteiger partial charge in [0.25, 0.3) is 0 Å². The summed E-state index contributed by atoms with van der Waals surface area (Å²) in [6.07, 6.45) is 1.28. The van der Waals surface area contributed by atoms with Gasteiger partial charge in [0.15, 0.2) is 5.84 Å². The first-order chi connectivity index (χ1) is 8.08. The van der Waals surface area contributed by atoms with E-state index in [0.29, 0.717) is 22.1 Å². The fourth-order valence-corrected chi connectivity index (χ4v) is 1.75. The molecule has 0 radical (unpaired) electrons. The molecule has 0 aliphatic heterocycles. The van der Waals surface area contributed by atoms with Crippen LogP contribution in [-0.4, -0.2) is 17.0 Å². The average Bonchev–Trinajstić information content (AvgIpc) is 2.31. The van der Waals surface area contributed by atoms with Crippen LogP contribution in [0.5, 0.6) is 0 Å². The second-order valence-electron chi connectivity index (χ2n) is 3.48. The Bertz CT molecular complexity index is 446. The van der Waals surface area contributed by atoms with Crippen LogP contribution in [0.15, 0.2) is 27.8 Å². The molecule has 17 heavy (non-hydrogen) atoms. The number of nitrogens with zero attached hydrogens (tertiary/aromatic N) is 1. The first-order valence-corrected chi connectivity index (χ1v) is 5.95. The molecule has 1 rings (SSSR count). The maximum absolute atomic E-state index is 11.4.